The summed E-state index contributed by atoms with van der Waals surface area (Å²) in [5, 5.41) is 21.3. The number of aryl methyl sites for hydroxylation is 1. The monoisotopic (exact) mass is 241 g/mol. The molecule has 3 N–H and O–H groups in total. The van der Waals surface area contributed by atoms with Crippen LogP contribution in [-0.4, -0.2) is 28.8 Å². The van der Waals surface area contributed by atoms with Gasteiger partial charge in [0.2, 0.25) is 5.76 Å². The number of carbonyl (C=O) groups is 1. The van der Waals surface area contributed by atoms with Gasteiger partial charge in [0, 0.05) is 12.1 Å². The van der Waals surface area contributed by atoms with Crippen LogP contribution >= 0.6 is 0 Å². The average Bonchev–Trinajstić information content (AvgIpc) is 2.60. The van der Waals surface area contributed by atoms with Gasteiger partial charge in [0.05, 0.1) is 12.6 Å². The van der Waals surface area contributed by atoms with Gasteiger partial charge in [-0.15, -0.1) is 0 Å². The van der Waals surface area contributed by atoms with Crippen molar-refractivity contribution in [3.8, 4) is 0 Å². The Morgan fingerprint density at radius 2 is 2.29 bits per heavy atom. The molecule has 1 heterocycles. The fourth-order valence-electron chi connectivity index (χ4n) is 1.64. The molecule has 0 saturated carbocycles. The minimum atomic E-state index is -1.06. The van der Waals surface area contributed by atoms with E-state index in [1.807, 2.05) is 6.92 Å². The summed E-state index contributed by atoms with van der Waals surface area (Å²) in [6, 6.07) is 1.70. The van der Waals surface area contributed by atoms with Crippen LogP contribution in [0.25, 0.3) is 0 Å². The van der Waals surface area contributed by atoms with E-state index in [0.29, 0.717) is 24.4 Å². The first kappa shape index (κ1) is 13.7. The van der Waals surface area contributed by atoms with Crippen molar-refractivity contribution in [2.75, 3.05) is 6.54 Å². The van der Waals surface area contributed by atoms with Crippen molar-refractivity contribution in [2.24, 2.45) is 0 Å². The van der Waals surface area contributed by atoms with E-state index in [-0.39, 0.29) is 11.9 Å². The number of carboxylic acids is 1. The van der Waals surface area contributed by atoms with Crippen LogP contribution in [0.5, 0.6) is 0 Å². The van der Waals surface area contributed by atoms with E-state index >= 15 is 0 Å². The number of hydrogen-bond acceptors (Lipinski definition) is 4. The Morgan fingerprint density at radius 3 is 2.82 bits per heavy atom. The fraction of sp³-hybridized carbons (Fsp3) is 0.583. The summed E-state index contributed by atoms with van der Waals surface area (Å²) in [5.74, 6) is -0.501. The van der Waals surface area contributed by atoms with Gasteiger partial charge in [0.25, 0.3) is 0 Å². The Morgan fingerprint density at radius 1 is 1.59 bits per heavy atom. The molecule has 1 aromatic heterocycles. The number of aliphatic hydroxyl groups excluding tert-OH is 1. The summed E-state index contributed by atoms with van der Waals surface area (Å²) in [7, 11) is 0. The maximum Gasteiger partial charge on any atom is 0.372 e. The molecule has 1 atom stereocenters. The van der Waals surface area contributed by atoms with Gasteiger partial charge < -0.3 is 19.9 Å². The molecule has 0 spiro atoms. The van der Waals surface area contributed by atoms with Gasteiger partial charge in [-0.2, -0.15) is 0 Å². The van der Waals surface area contributed by atoms with Gasteiger partial charge in [-0.1, -0.05) is 13.3 Å². The van der Waals surface area contributed by atoms with Crippen molar-refractivity contribution in [2.45, 2.75) is 39.3 Å². The maximum absolute atomic E-state index is 10.7. The molecule has 1 unspecified atom stereocenters. The topological polar surface area (TPSA) is 82.7 Å². The Bertz CT molecular complexity index is 373. The van der Waals surface area contributed by atoms with Crippen LogP contribution in [0.2, 0.25) is 0 Å². The highest BCUT2D eigenvalue weighted by Crippen LogP contribution is 2.14. The van der Waals surface area contributed by atoms with E-state index in [2.05, 4.69) is 5.32 Å². The molecule has 0 fully saturated rings. The molecule has 0 aliphatic heterocycles. The van der Waals surface area contributed by atoms with Crippen molar-refractivity contribution >= 4 is 5.97 Å². The molecule has 96 valence electrons. The van der Waals surface area contributed by atoms with Crippen molar-refractivity contribution in [3.63, 3.8) is 0 Å². The average molecular weight is 241 g/mol. The van der Waals surface area contributed by atoms with Crippen molar-refractivity contribution in [1.82, 2.24) is 5.32 Å². The largest absolute Gasteiger partial charge is 0.475 e. The molecule has 17 heavy (non-hydrogen) atoms. The normalized spacial score (nSPS) is 12.6. The van der Waals surface area contributed by atoms with Crippen LogP contribution in [0.3, 0.4) is 0 Å². The molecule has 0 aliphatic rings. The first-order valence-electron chi connectivity index (χ1n) is 5.76. The van der Waals surface area contributed by atoms with Crippen molar-refractivity contribution < 1.29 is 19.4 Å². The Hall–Kier alpha value is -1.33. The van der Waals surface area contributed by atoms with Crippen LogP contribution in [0.1, 0.15) is 41.6 Å². The van der Waals surface area contributed by atoms with Crippen molar-refractivity contribution in [1.29, 1.82) is 0 Å². The highest BCUT2D eigenvalue weighted by Gasteiger charge is 2.14. The van der Waals surface area contributed by atoms with Gasteiger partial charge in [-0.05, 0) is 19.4 Å². The predicted molar refractivity (Wildman–Crippen MR) is 63.0 cm³/mol. The van der Waals surface area contributed by atoms with Crippen LogP contribution in [0.15, 0.2) is 10.5 Å². The first-order valence-corrected chi connectivity index (χ1v) is 5.76. The highest BCUT2D eigenvalue weighted by atomic mass is 16.4. The molecule has 0 bridgehead atoms. The second kappa shape index (κ2) is 6.42. The number of aliphatic hydroxyl groups is 1. The molecule has 0 amide bonds. The number of nitrogens with one attached hydrogen (secondary N) is 1. The number of carboxylic acid groups (broad SMARTS) is 1. The summed E-state index contributed by atoms with van der Waals surface area (Å²) in [6.45, 7) is 4.62. The van der Waals surface area contributed by atoms with E-state index in [1.54, 1.807) is 13.0 Å². The van der Waals surface area contributed by atoms with Gasteiger partial charge in [0.15, 0.2) is 0 Å². The van der Waals surface area contributed by atoms with Gasteiger partial charge >= 0.3 is 5.97 Å². The SMILES string of the molecule is CCCC(O)CNCc1cc(C)c(C(=O)O)o1. The Balaban J connectivity index is 2.42. The third kappa shape index (κ3) is 4.20. The Kier molecular flexibility index (Phi) is 5.18. The van der Waals surface area contributed by atoms with E-state index in [0.717, 1.165) is 12.8 Å². The lowest BCUT2D eigenvalue weighted by atomic mass is 10.2. The molecule has 0 aliphatic carbocycles. The molecule has 5 heteroatoms. The number of rotatable bonds is 7. The second-order valence-corrected chi connectivity index (χ2v) is 4.10. The summed E-state index contributed by atoms with van der Waals surface area (Å²) < 4.78 is 5.17. The molecular formula is C12H19NO4. The van der Waals surface area contributed by atoms with E-state index in [4.69, 9.17) is 9.52 Å². The lowest BCUT2D eigenvalue weighted by Gasteiger charge is -2.09. The molecule has 1 aromatic rings. The minimum absolute atomic E-state index is 0.0177. The van der Waals surface area contributed by atoms with Gasteiger partial charge in [-0.3, -0.25) is 0 Å². The molecule has 0 saturated heterocycles. The molecule has 0 radical (unpaired) electrons. The van der Waals surface area contributed by atoms with Gasteiger partial charge in [-0.25, -0.2) is 4.79 Å². The Labute approximate surface area is 100 Å². The number of furan rings is 1. The van der Waals surface area contributed by atoms with Gasteiger partial charge in [0.1, 0.15) is 5.76 Å². The standard InChI is InChI=1S/C12H19NO4/c1-3-4-9(14)6-13-7-10-5-8(2)11(17-10)12(15)16/h5,9,13-14H,3-4,6-7H2,1-2H3,(H,15,16). The lowest BCUT2D eigenvalue weighted by molar-refractivity contribution is 0.0658. The third-order valence-corrected chi connectivity index (χ3v) is 2.46. The molecule has 1 rings (SSSR count). The number of aromatic carboxylic acids is 1. The van der Waals surface area contributed by atoms with Crippen LogP contribution < -0.4 is 5.32 Å². The second-order valence-electron chi connectivity index (χ2n) is 4.10. The maximum atomic E-state index is 10.7. The summed E-state index contributed by atoms with van der Waals surface area (Å²) in [6.07, 6.45) is 1.33. The van der Waals surface area contributed by atoms with Crippen LogP contribution in [0, 0.1) is 6.92 Å². The van der Waals surface area contributed by atoms with E-state index in [9.17, 15) is 9.90 Å². The third-order valence-electron chi connectivity index (χ3n) is 2.46. The molecule has 0 aromatic carbocycles. The van der Waals surface area contributed by atoms with E-state index < -0.39 is 5.97 Å². The summed E-state index contributed by atoms with van der Waals surface area (Å²) >= 11 is 0. The lowest BCUT2D eigenvalue weighted by Crippen LogP contribution is -2.26. The fourth-order valence-corrected chi connectivity index (χ4v) is 1.64. The first-order chi connectivity index (χ1) is 8.04. The zero-order valence-corrected chi connectivity index (χ0v) is 10.2. The van der Waals surface area contributed by atoms with Crippen molar-refractivity contribution in [3.05, 3.63) is 23.2 Å². The smallest absolute Gasteiger partial charge is 0.372 e. The quantitative estimate of drug-likeness (QED) is 0.674. The highest BCUT2D eigenvalue weighted by molar-refractivity contribution is 5.86. The summed E-state index contributed by atoms with van der Waals surface area (Å²) in [4.78, 5) is 10.7. The predicted octanol–water partition coefficient (Wildman–Crippen LogP) is 1.54. The number of hydrogen-bond donors (Lipinski definition) is 3. The molecular weight excluding hydrogens is 222 g/mol. The molecule has 5 nitrogen and oxygen atoms in total. The van der Waals surface area contributed by atoms with E-state index in [1.165, 1.54) is 0 Å². The van der Waals surface area contributed by atoms with Crippen LogP contribution in [0.4, 0.5) is 0 Å². The summed E-state index contributed by atoms with van der Waals surface area (Å²) in [5.41, 5.74) is 0.614. The van der Waals surface area contributed by atoms with Crippen LogP contribution in [-0.2, 0) is 6.54 Å². The minimum Gasteiger partial charge on any atom is -0.475 e. The zero-order chi connectivity index (χ0) is 12.8. The zero-order valence-electron chi connectivity index (χ0n) is 10.2.